The lowest BCUT2D eigenvalue weighted by molar-refractivity contribution is -0.132. The van der Waals surface area contributed by atoms with E-state index in [0.29, 0.717) is 18.2 Å². The van der Waals surface area contributed by atoms with E-state index in [-0.39, 0.29) is 16.7 Å². The van der Waals surface area contributed by atoms with Crippen LogP contribution in [0.5, 0.6) is 5.75 Å². The van der Waals surface area contributed by atoms with Crippen molar-refractivity contribution in [1.82, 2.24) is 24.4 Å². The van der Waals surface area contributed by atoms with Crippen molar-refractivity contribution >= 4 is 28.3 Å². The molecular formula is C30H37N5O2S. The maximum atomic E-state index is 13.0. The fourth-order valence-electron chi connectivity index (χ4n) is 5.22. The number of rotatable bonds is 4. The molecule has 38 heavy (non-hydrogen) atoms. The molecule has 4 heterocycles. The van der Waals surface area contributed by atoms with E-state index in [9.17, 15) is 9.90 Å². The van der Waals surface area contributed by atoms with Gasteiger partial charge in [0.2, 0.25) is 5.91 Å². The zero-order valence-electron chi connectivity index (χ0n) is 23.2. The molecule has 8 heteroatoms. The number of fused-ring (bicyclic) bond motifs is 1. The van der Waals surface area contributed by atoms with Crippen LogP contribution in [0.25, 0.3) is 21.6 Å². The van der Waals surface area contributed by atoms with Crippen LogP contribution in [0.3, 0.4) is 0 Å². The molecule has 5 rings (SSSR count). The second-order valence-electron chi connectivity index (χ2n) is 12.4. The fraction of sp³-hybridized carbons (Fsp3) is 0.467. The number of phenolic OH excluding ortho intramolecular Hbond substituents is 1. The van der Waals surface area contributed by atoms with E-state index in [2.05, 4.69) is 69.0 Å². The Kier molecular flexibility index (Phi) is 6.80. The Hall–Kier alpha value is -3.26. The Morgan fingerprint density at radius 2 is 1.74 bits per heavy atom. The molecule has 7 nitrogen and oxygen atoms in total. The largest absolute Gasteiger partial charge is 0.507 e. The predicted octanol–water partition coefficient (Wildman–Crippen LogP) is 6.26. The molecule has 4 aromatic rings. The lowest BCUT2D eigenvalue weighted by Crippen LogP contribution is -2.39. The summed E-state index contributed by atoms with van der Waals surface area (Å²) in [6.07, 6.45) is 6.97. The van der Waals surface area contributed by atoms with Crippen molar-refractivity contribution in [2.75, 3.05) is 13.1 Å². The molecule has 0 bridgehead atoms. The van der Waals surface area contributed by atoms with Gasteiger partial charge in [-0.2, -0.15) is 0 Å². The smallest absolute Gasteiger partial charge is 0.242 e. The molecule has 1 aliphatic rings. The summed E-state index contributed by atoms with van der Waals surface area (Å²) in [6, 6.07) is 6.10. The molecule has 200 valence electrons. The molecule has 0 aliphatic carbocycles. The van der Waals surface area contributed by atoms with Gasteiger partial charge in [0.05, 0.1) is 23.7 Å². The van der Waals surface area contributed by atoms with Crippen LogP contribution in [-0.4, -0.2) is 48.5 Å². The van der Waals surface area contributed by atoms with Crippen LogP contribution >= 0.6 is 11.3 Å². The second-order valence-corrected chi connectivity index (χ2v) is 13.2. The molecule has 0 atom stereocenters. The van der Waals surface area contributed by atoms with E-state index < -0.39 is 0 Å². The van der Waals surface area contributed by atoms with E-state index in [4.69, 9.17) is 4.98 Å². The van der Waals surface area contributed by atoms with Gasteiger partial charge in [0.25, 0.3) is 0 Å². The normalized spacial score (nSPS) is 15.4. The maximum absolute atomic E-state index is 13.0. The van der Waals surface area contributed by atoms with Gasteiger partial charge >= 0.3 is 0 Å². The van der Waals surface area contributed by atoms with Gasteiger partial charge in [-0.25, -0.2) is 9.97 Å². The van der Waals surface area contributed by atoms with Crippen LogP contribution in [0.4, 0.5) is 0 Å². The minimum Gasteiger partial charge on any atom is -0.507 e. The first-order valence-electron chi connectivity index (χ1n) is 13.3. The van der Waals surface area contributed by atoms with Crippen molar-refractivity contribution in [3.63, 3.8) is 0 Å². The van der Waals surface area contributed by atoms with Crippen molar-refractivity contribution in [3.8, 4) is 16.3 Å². The number of phenols is 1. The number of carbonyl (C=O) groups excluding carboxylic acids is 1. The van der Waals surface area contributed by atoms with Gasteiger partial charge in [-0.15, -0.1) is 11.3 Å². The van der Waals surface area contributed by atoms with Crippen LogP contribution in [0.1, 0.15) is 77.1 Å². The highest BCUT2D eigenvalue weighted by Gasteiger charge is 2.29. The SMILES string of the molecule is CC(C)(C)c1cc(-c2nc(C3CCN(C(=O)Cn4cnc5cnccc54)CC3)cs2)cc(C(C)(C)C)c1O. The Balaban J connectivity index is 1.29. The Morgan fingerprint density at radius 1 is 1.08 bits per heavy atom. The number of thiazole rings is 1. The van der Waals surface area contributed by atoms with Crippen LogP contribution in [0.2, 0.25) is 0 Å². The molecule has 0 saturated carbocycles. The van der Waals surface area contributed by atoms with E-state index in [1.807, 2.05) is 15.5 Å². The lowest BCUT2D eigenvalue weighted by atomic mass is 9.78. The van der Waals surface area contributed by atoms with E-state index in [1.165, 1.54) is 0 Å². The topological polar surface area (TPSA) is 84.1 Å². The number of pyridine rings is 1. The summed E-state index contributed by atoms with van der Waals surface area (Å²) < 4.78 is 1.90. The number of aromatic hydroxyl groups is 1. The van der Waals surface area contributed by atoms with Gasteiger partial charge in [0.1, 0.15) is 22.8 Å². The quantitative estimate of drug-likeness (QED) is 0.336. The molecule has 3 aromatic heterocycles. The Morgan fingerprint density at radius 3 is 2.37 bits per heavy atom. The maximum Gasteiger partial charge on any atom is 0.242 e. The van der Waals surface area contributed by atoms with Crippen LogP contribution in [0, 0.1) is 0 Å². The first-order valence-corrected chi connectivity index (χ1v) is 14.2. The fourth-order valence-corrected chi connectivity index (χ4v) is 6.11. The van der Waals surface area contributed by atoms with Gasteiger partial charge in [0.15, 0.2) is 0 Å². The number of nitrogens with zero attached hydrogens (tertiary/aromatic N) is 5. The number of hydrogen-bond donors (Lipinski definition) is 1. The molecule has 0 spiro atoms. The molecule has 0 radical (unpaired) electrons. The Labute approximate surface area is 228 Å². The summed E-state index contributed by atoms with van der Waals surface area (Å²) in [5.41, 5.74) is 5.43. The zero-order valence-corrected chi connectivity index (χ0v) is 24.0. The zero-order chi connectivity index (χ0) is 27.2. The monoisotopic (exact) mass is 531 g/mol. The highest BCUT2D eigenvalue weighted by Crippen LogP contribution is 2.43. The van der Waals surface area contributed by atoms with Gasteiger partial charge in [-0.1, -0.05) is 41.5 Å². The molecule has 1 N–H and O–H groups in total. The molecule has 1 fully saturated rings. The van der Waals surface area contributed by atoms with Gasteiger partial charge in [-0.05, 0) is 41.9 Å². The first-order chi connectivity index (χ1) is 17.9. The minimum atomic E-state index is -0.181. The first kappa shape index (κ1) is 26.4. The highest BCUT2D eigenvalue weighted by atomic mass is 32.1. The van der Waals surface area contributed by atoms with Crippen LogP contribution < -0.4 is 0 Å². The van der Waals surface area contributed by atoms with Gasteiger partial charge < -0.3 is 14.6 Å². The second kappa shape index (κ2) is 9.80. The Bertz CT molecular complexity index is 1430. The predicted molar refractivity (Wildman–Crippen MR) is 153 cm³/mol. The van der Waals surface area contributed by atoms with Crippen molar-refractivity contribution in [2.45, 2.75) is 77.7 Å². The summed E-state index contributed by atoms with van der Waals surface area (Å²) in [5.74, 6) is 0.848. The van der Waals surface area contributed by atoms with E-state index in [0.717, 1.165) is 64.4 Å². The summed E-state index contributed by atoms with van der Waals surface area (Å²) in [7, 11) is 0. The third-order valence-electron chi connectivity index (χ3n) is 7.49. The van der Waals surface area contributed by atoms with Crippen LogP contribution in [-0.2, 0) is 22.2 Å². The third-order valence-corrected chi connectivity index (χ3v) is 8.40. The number of amides is 1. The van der Waals surface area contributed by atoms with Crippen molar-refractivity contribution in [1.29, 1.82) is 0 Å². The molecule has 1 aromatic carbocycles. The number of piperidine rings is 1. The summed E-state index contributed by atoms with van der Waals surface area (Å²) in [5, 5.41) is 14.2. The minimum absolute atomic E-state index is 0.118. The number of hydrogen-bond acceptors (Lipinski definition) is 6. The standard InChI is InChI=1S/C30H37N5O2S/c1-29(2,3)21-13-20(14-22(27(21)37)30(4,5)6)28-33-24(17-38-28)19-8-11-34(12-9-19)26(36)16-35-18-32-23-15-31-10-7-25(23)35/h7,10,13-15,17-19,37H,8-9,11-12,16H2,1-6H3. The van der Waals surface area contributed by atoms with E-state index >= 15 is 0 Å². The summed E-state index contributed by atoms with van der Waals surface area (Å²) in [4.78, 5) is 28.5. The number of imidazole rings is 1. The van der Waals surface area contributed by atoms with Crippen molar-refractivity contribution in [3.05, 3.63) is 59.1 Å². The molecule has 0 unspecified atom stereocenters. The molecular weight excluding hydrogens is 494 g/mol. The number of likely N-dealkylation sites (tertiary alicyclic amines) is 1. The average molecular weight is 532 g/mol. The number of carbonyl (C=O) groups is 1. The highest BCUT2D eigenvalue weighted by molar-refractivity contribution is 7.13. The van der Waals surface area contributed by atoms with E-state index in [1.54, 1.807) is 30.1 Å². The number of benzene rings is 1. The van der Waals surface area contributed by atoms with Crippen molar-refractivity contribution in [2.24, 2.45) is 0 Å². The molecule has 1 aliphatic heterocycles. The molecule has 1 saturated heterocycles. The average Bonchev–Trinajstić information content (AvgIpc) is 3.51. The van der Waals surface area contributed by atoms with Gasteiger partial charge in [-0.3, -0.25) is 9.78 Å². The molecule has 1 amide bonds. The summed E-state index contributed by atoms with van der Waals surface area (Å²) >= 11 is 1.66. The third kappa shape index (κ3) is 5.19. The summed E-state index contributed by atoms with van der Waals surface area (Å²) in [6.45, 7) is 14.5. The van der Waals surface area contributed by atoms with Crippen molar-refractivity contribution < 1.29 is 9.90 Å². The van der Waals surface area contributed by atoms with Crippen LogP contribution in [0.15, 0.2) is 42.3 Å². The number of aromatic nitrogens is 4. The van der Waals surface area contributed by atoms with Gasteiger partial charge in [0, 0.05) is 47.3 Å². The lowest BCUT2D eigenvalue weighted by Gasteiger charge is -2.31.